The maximum atomic E-state index is 12.7. The Bertz CT molecular complexity index is 870. The summed E-state index contributed by atoms with van der Waals surface area (Å²) in [6.07, 6.45) is 2.37. The molecule has 0 spiro atoms. The van der Waals surface area contributed by atoms with Crippen molar-refractivity contribution < 1.29 is 19.0 Å². The summed E-state index contributed by atoms with van der Waals surface area (Å²) in [6.45, 7) is 2.59. The molecule has 0 bridgehead atoms. The lowest BCUT2D eigenvalue weighted by Gasteiger charge is -2.28. The van der Waals surface area contributed by atoms with Gasteiger partial charge in [-0.15, -0.1) is 0 Å². The Morgan fingerprint density at radius 1 is 1.00 bits per heavy atom. The molecule has 2 N–H and O–H groups in total. The minimum atomic E-state index is -0.284. The average Bonchev–Trinajstić information content (AvgIpc) is 3.33. The van der Waals surface area contributed by atoms with Crippen LogP contribution in [0.15, 0.2) is 36.4 Å². The van der Waals surface area contributed by atoms with Crippen LogP contribution in [0.1, 0.15) is 24.4 Å². The van der Waals surface area contributed by atoms with E-state index in [1.54, 1.807) is 33.5 Å². The predicted molar refractivity (Wildman–Crippen MR) is 127 cm³/mol. The number of nitrogens with one attached hydrogen (secondary N) is 2. The number of nitrogens with zero attached hydrogens (tertiary/aromatic N) is 2. The van der Waals surface area contributed by atoms with Crippen molar-refractivity contribution in [2.75, 3.05) is 65.3 Å². The molecule has 32 heavy (non-hydrogen) atoms. The minimum absolute atomic E-state index is 0.124. The SMILES string of the molecule is COc1cc(NC(=O)NCC(c2ccc(N(C)C)cc2)N2CCCC2)cc(OC)c1OC. The Kier molecular flexibility index (Phi) is 8.05. The number of ether oxygens (including phenoxy) is 3. The normalized spacial score (nSPS) is 14.5. The zero-order valence-electron chi connectivity index (χ0n) is 19.6. The van der Waals surface area contributed by atoms with E-state index in [2.05, 4.69) is 44.7 Å². The van der Waals surface area contributed by atoms with Crippen LogP contribution in [0.5, 0.6) is 17.2 Å². The lowest BCUT2D eigenvalue weighted by molar-refractivity contribution is 0.227. The minimum Gasteiger partial charge on any atom is -0.493 e. The molecule has 1 heterocycles. The number of benzene rings is 2. The predicted octanol–water partition coefficient (Wildman–Crippen LogP) is 3.74. The fourth-order valence-corrected chi connectivity index (χ4v) is 4.02. The van der Waals surface area contributed by atoms with Crippen LogP contribution in [0.25, 0.3) is 0 Å². The zero-order valence-corrected chi connectivity index (χ0v) is 19.6. The van der Waals surface area contributed by atoms with Gasteiger partial charge in [0.05, 0.1) is 33.1 Å². The van der Waals surface area contributed by atoms with Gasteiger partial charge in [0.1, 0.15) is 0 Å². The highest BCUT2D eigenvalue weighted by Crippen LogP contribution is 2.39. The molecule has 1 aliphatic heterocycles. The molecule has 1 atom stereocenters. The number of carbonyl (C=O) groups is 1. The fraction of sp³-hybridized carbons (Fsp3) is 0.458. The van der Waals surface area contributed by atoms with E-state index in [4.69, 9.17) is 14.2 Å². The van der Waals surface area contributed by atoms with Crippen LogP contribution < -0.4 is 29.7 Å². The van der Waals surface area contributed by atoms with Crippen molar-refractivity contribution in [1.29, 1.82) is 0 Å². The largest absolute Gasteiger partial charge is 0.493 e. The Labute approximate surface area is 190 Å². The molecule has 174 valence electrons. The summed E-state index contributed by atoms with van der Waals surface area (Å²) < 4.78 is 16.1. The van der Waals surface area contributed by atoms with Gasteiger partial charge >= 0.3 is 6.03 Å². The second-order valence-corrected chi connectivity index (χ2v) is 7.99. The van der Waals surface area contributed by atoms with Crippen molar-refractivity contribution >= 4 is 17.4 Å². The maximum absolute atomic E-state index is 12.7. The third-order valence-corrected chi connectivity index (χ3v) is 5.75. The molecule has 0 saturated carbocycles. The molecule has 1 unspecified atom stereocenters. The average molecular weight is 443 g/mol. The molecule has 3 rings (SSSR count). The highest BCUT2D eigenvalue weighted by atomic mass is 16.5. The Hall–Kier alpha value is -3.13. The van der Waals surface area contributed by atoms with Crippen LogP contribution in [-0.4, -0.2) is 66.0 Å². The summed E-state index contributed by atoms with van der Waals surface area (Å²) in [6, 6.07) is 11.8. The number of hydrogen-bond acceptors (Lipinski definition) is 6. The second-order valence-electron chi connectivity index (χ2n) is 7.99. The van der Waals surface area contributed by atoms with Crippen LogP contribution in [0.4, 0.5) is 16.2 Å². The van der Waals surface area contributed by atoms with Gasteiger partial charge in [-0.3, -0.25) is 4.90 Å². The second kappa shape index (κ2) is 10.9. The summed E-state index contributed by atoms with van der Waals surface area (Å²) in [5.74, 6) is 1.45. The Morgan fingerprint density at radius 2 is 1.59 bits per heavy atom. The van der Waals surface area contributed by atoms with E-state index in [1.165, 1.54) is 18.4 Å². The first kappa shape index (κ1) is 23.5. The van der Waals surface area contributed by atoms with E-state index in [-0.39, 0.29) is 12.1 Å². The summed E-state index contributed by atoms with van der Waals surface area (Å²) >= 11 is 0. The standard InChI is InChI=1S/C24H34N4O4/c1-27(2)19-10-8-17(9-11-19)20(28-12-6-7-13-28)16-25-24(29)26-18-14-21(30-3)23(32-5)22(15-18)31-4/h8-11,14-15,20H,6-7,12-13,16H2,1-5H3,(H2,25,26,29). The van der Waals surface area contributed by atoms with Crippen molar-refractivity contribution in [3.63, 3.8) is 0 Å². The van der Waals surface area contributed by atoms with Gasteiger partial charge in [0, 0.05) is 38.5 Å². The number of amides is 2. The van der Waals surface area contributed by atoms with Gasteiger partial charge in [-0.1, -0.05) is 12.1 Å². The fourth-order valence-electron chi connectivity index (χ4n) is 4.02. The Balaban J connectivity index is 1.70. The summed E-state index contributed by atoms with van der Waals surface area (Å²) in [4.78, 5) is 17.2. The van der Waals surface area contributed by atoms with Crippen molar-refractivity contribution in [2.45, 2.75) is 18.9 Å². The van der Waals surface area contributed by atoms with E-state index in [0.29, 0.717) is 29.5 Å². The van der Waals surface area contributed by atoms with Crippen molar-refractivity contribution in [2.24, 2.45) is 0 Å². The van der Waals surface area contributed by atoms with E-state index in [1.807, 2.05) is 14.1 Å². The molecule has 2 aromatic rings. The molecule has 0 radical (unpaired) electrons. The van der Waals surface area contributed by atoms with Gasteiger partial charge in [-0.2, -0.15) is 0 Å². The molecule has 1 saturated heterocycles. The van der Waals surface area contributed by atoms with E-state index in [9.17, 15) is 4.79 Å². The third kappa shape index (κ3) is 5.56. The molecule has 1 aliphatic rings. The Morgan fingerprint density at radius 3 is 2.09 bits per heavy atom. The summed E-state index contributed by atoms with van der Waals surface area (Å²) in [5, 5.41) is 5.91. The third-order valence-electron chi connectivity index (χ3n) is 5.75. The van der Waals surface area contributed by atoms with Crippen LogP contribution in [0.3, 0.4) is 0 Å². The van der Waals surface area contributed by atoms with Crippen LogP contribution in [0.2, 0.25) is 0 Å². The topological polar surface area (TPSA) is 75.3 Å². The molecule has 1 fully saturated rings. The number of methoxy groups -OCH3 is 3. The number of urea groups is 1. The van der Waals surface area contributed by atoms with Crippen molar-refractivity contribution in [3.8, 4) is 17.2 Å². The first-order chi connectivity index (χ1) is 15.5. The number of likely N-dealkylation sites (tertiary alicyclic amines) is 1. The zero-order chi connectivity index (χ0) is 23.1. The molecule has 0 aliphatic carbocycles. The smallest absolute Gasteiger partial charge is 0.319 e. The number of hydrogen-bond donors (Lipinski definition) is 2. The number of carbonyl (C=O) groups excluding carboxylic acids is 1. The van der Waals surface area contributed by atoms with Gasteiger partial charge in [-0.05, 0) is 43.6 Å². The van der Waals surface area contributed by atoms with Crippen molar-refractivity contribution in [3.05, 3.63) is 42.0 Å². The quantitative estimate of drug-likeness (QED) is 0.616. The molecule has 0 aromatic heterocycles. The lowest BCUT2D eigenvalue weighted by atomic mass is 10.0. The van der Waals surface area contributed by atoms with Gasteiger partial charge in [0.25, 0.3) is 0 Å². The van der Waals surface area contributed by atoms with Crippen LogP contribution in [0, 0.1) is 0 Å². The molecule has 2 amide bonds. The molecule has 8 nitrogen and oxygen atoms in total. The number of anilines is 2. The van der Waals surface area contributed by atoms with Crippen LogP contribution >= 0.6 is 0 Å². The monoisotopic (exact) mass is 442 g/mol. The molecule has 8 heteroatoms. The molecule has 2 aromatic carbocycles. The van der Waals surface area contributed by atoms with Crippen molar-refractivity contribution in [1.82, 2.24) is 10.2 Å². The molecular formula is C24H34N4O4. The first-order valence-electron chi connectivity index (χ1n) is 10.8. The number of rotatable bonds is 9. The van der Waals surface area contributed by atoms with Gasteiger partial charge in [0.15, 0.2) is 11.5 Å². The maximum Gasteiger partial charge on any atom is 0.319 e. The molecular weight excluding hydrogens is 408 g/mol. The summed E-state index contributed by atoms with van der Waals surface area (Å²) in [5.41, 5.74) is 2.91. The van der Waals surface area contributed by atoms with E-state index in [0.717, 1.165) is 18.8 Å². The van der Waals surface area contributed by atoms with Crippen LogP contribution in [-0.2, 0) is 0 Å². The van der Waals surface area contributed by atoms with Gasteiger partial charge < -0.3 is 29.7 Å². The van der Waals surface area contributed by atoms with E-state index < -0.39 is 0 Å². The van der Waals surface area contributed by atoms with Gasteiger partial charge in [-0.25, -0.2) is 4.79 Å². The van der Waals surface area contributed by atoms with E-state index >= 15 is 0 Å². The lowest BCUT2D eigenvalue weighted by Crippen LogP contribution is -2.38. The first-order valence-corrected chi connectivity index (χ1v) is 10.8. The highest BCUT2D eigenvalue weighted by molar-refractivity contribution is 5.90. The summed E-state index contributed by atoms with van der Waals surface area (Å²) in [7, 11) is 8.69. The highest BCUT2D eigenvalue weighted by Gasteiger charge is 2.24. The van der Waals surface area contributed by atoms with Gasteiger partial charge in [0.2, 0.25) is 5.75 Å².